The van der Waals surface area contributed by atoms with Gasteiger partial charge in [-0.05, 0) is 24.3 Å². The molecule has 0 aliphatic rings. The summed E-state index contributed by atoms with van der Waals surface area (Å²) < 4.78 is 33.9. The molecule has 1 aromatic carbocycles. The average Bonchev–Trinajstić information content (AvgIpc) is 3.04. The van der Waals surface area contributed by atoms with Gasteiger partial charge in [0.05, 0.1) is 4.92 Å². The van der Waals surface area contributed by atoms with Gasteiger partial charge in [-0.25, -0.2) is 9.97 Å². The summed E-state index contributed by atoms with van der Waals surface area (Å²) >= 11 is 0.926. The highest BCUT2D eigenvalue weighted by Crippen LogP contribution is 2.28. The molecule has 0 atom stereocenters. The van der Waals surface area contributed by atoms with Crippen LogP contribution in [0.3, 0.4) is 0 Å². The van der Waals surface area contributed by atoms with E-state index in [1.54, 1.807) is 0 Å². The fourth-order valence-corrected chi connectivity index (χ4v) is 2.25. The third-order valence-electron chi connectivity index (χ3n) is 2.74. The van der Waals surface area contributed by atoms with E-state index in [2.05, 4.69) is 24.9 Å². The number of ether oxygens (including phenoxy) is 1. The van der Waals surface area contributed by atoms with Crippen LogP contribution in [0.1, 0.15) is 0 Å². The number of hydrogen-bond acceptors (Lipinski definition) is 9. The van der Waals surface area contributed by atoms with E-state index in [9.17, 15) is 18.9 Å². The van der Waals surface area contributed by atoms with Gasteiger partial charge in [0.1, 0.15) is 18.1 Å². The molecular weight excluding hydrogens is 360 g/mol. The van der Waals surface area contributed by atoms with Crippen molar-refractivity contribution in [3.05, 3.63) is 46.8 Å². The fourth-order valence-electron chi connectivity index (χ4n) is 1.68. The highest BCUT2D eigenvalue weighted by atomic mass is 32.2. The van der Waals surface area contributed by atoms with Gasteiger partial charge in [-0.1, -0.05) is 0 Å². The quantitative estimate of drug-likeness (QED) is 0.368. The molecule has 128 valence electrons. The lowest BCUT2D eigenvalue weighted by Gasteiger charge is -2.03. The van der Waals surface area contributed by atoms with Crippen LogP contribution in [0.5, 0.6) is 5.75 Å². The Morgan fingerprint density at radius 2 is 1.84 bits per heavy atom. The van der Waals surface area contributed by atoms with Gasteiger partial charge in [-0.15, -0.1) is 10.2 Å². The van der Waals surface area contributed by atoms with E-state index in [4.69, 9.17) is 4.42 Å². The Labute approximate surface area is 142 Å². The summed E-state index contributed by atoms with van der Waals surface area (Å²) in [6.45, 7) is -2.90. The van der Waals surface area contributed by atoms with E-state index in [0.29, 0.717) is 5.56 Å². The van der Waals surface area contributed by atoms with E-state index in [-0.39, 0.29) is 27.7 Å². The van der Waals surface area contributed by atoms with Gasteiger partial charge < -0.3 is 9.15 Å². The summed E-state index contributed by atoms with van der Waals surface area (Å²) in [5.41, 5.74) is 0.271. The fraction of sp³-hybridized carbons (Fsp3) is 0.0769. The predicted molar refractivity (Wildman–Crippen MR) is 79.2 cm³/mol. The number of hydrogen-bond donors (Lipinski definition) is 0. The largest absolute Gasteiger partial charge is 0.435 e. The molecule has 2 aromatic heterocycles. The van der Waals surface area contributed by atoms with Crippen LogP contribution >= 0.6 is 11.8 Å². The highest BCUT2D eigenvalue weighted by Gasteiger charge is 2.13. The number of alkyl halides is 2. The van der Waals surface area contributed by atoms with E-state index < -0.39 is 11.5 Å². The average molecular weight is 367 g/mol. The number of aromatic nitrogens is 4. The molecule has 3 rings (SSSR count). The molecule has 0 aliphatic heterocycles. The summed E-state index contributed by atoms with van der Waals surface area (Å²) in [6, 6.07) is 5.67. The molecule has 25 heavy (non-hydrogen) atoms. The van der Waals surface area contributed by atoms with Gasteiger partial charge in [0.2, 0.25) is 5.89 Å². The van der Waals surface area contributed by atoms with Crippen molar-refractivity contribution in [2.75, 3.05) is 0 Å². The van der Waals surface area contributed by atoms with E-state index in [1.807, 2.05) is 0 Å². The Morgan fingerprint density at radius 1 is 1.16 bits per heavy atom. The Morgan fingerprint density at radius 3 is 2.44 bits per heavy atom. The van der Waals surface area contributed by atoms with Crippen LogP contribution in [0.15, 0.2) is 51.5 Å². The number of nitrogens with zero attached hydrogens (tertiary/aromatic N) is 5. The standard InChI is InChI=1S/C13H7F2N5O4S/c14-11(15)23-9-3-1-7(2-4-9)10-18-19-13(24-10)25-12-16-5-8(6-17-12)20(21)22/h1-6,11H. The lowest BCUT2D eigenvalue weighted by molar-refractivity contribution is -0.385. The first kappa shape index (κ1) is 16.7. The smallest absolute Gasteiger partial charge is 0.387 e. The van der Waals surface area contributed by atoms with Crippen molar-refractivity contribution < 1.29 is 22.9 Å². The van der Waals surface area contributed by atoms with Crippen molar-refractivity contribution in [1.29, 1.82) is 0 Å². The lowest BCUT2D eigenvalue weighted by Crippen LogP contribution is -2.01. The first-order valence-electron chi connectivity index (χ1n) is 6.54. The molecular formula is C13H7F2N5O4S. The third kappa shape index (κ3) is 4.23. The maximum Gasteiger partial charge on any atom is 0.387 e. The molecule has 9 nitrogen and oxygen atoms in total. The van der Waals surface area contributed by atoms with Gasteiger partial charge in [0.15, 0.2) is 5.16 Å². The molecule has 0 radical (unpaired) electrons. The Balaban J connectivity index is 1.70. The molecule has 0 bridgehead atoms. The van der Waals surface area contributed by atoms with Gasteiger partial charge in [0.25, 0.3) is 5.22 Å². The summed E-state index contributed by atoms with van der Waals surface area (Å²) in [6.07, 6.45) is 2.13. The minimum absolute atomic E-state index is 0.00661. The SMILES string of the molecule is O=[N+]([O-])c1cnc(Sc2nnc(-c3ccc(OC(F)F)cc3)o2)nc1. The van der Waals surface area contributed by atoms with Gasteiger partial charge >= 0.3 is 12.3 Å². The van der Waals surface area contributed by atoms with Crippen LogP contribution in [0.2, 0.25) is 0 Å². The first-order valence-corrected chi connectivity index (χ1v) is 7.36. The van der Waals surface area contributed by atoms with E-state index in [0.717, 1.165) is 24.2 Å². The van der Waals surface area contributed by atoms with Crippen molar-refractivity contribution >= 4 is 17.4 Å². The maximum atomic E-state index is 12.1. The second kappa shape index (κ2) is 7.17. The molecule has 3 aromatic rings. The molecule has 0 amide bonds. The molecule has 0 saturated carbocycles. The number of rotatable bonds is 6. The van der Waals surface area contributed by atoms with Crippen molar-refractivity contribution in [2.24, 2.45) is 0 Å². The summed E-state index contributed by atoms with van der Waals surface area (Å²) in [5, 5.41) is 18.5. The zero-order chi connectivity index (χ0) is 17.8. The normalized spacial score (nSPS) is 10.8. The molecule has 0 N–H and O–H groups in total. The second-order valence-electron chi connectivity index (χ2n) is 4.36. The number of benzene rings is 1. The van der Waals surface area contributed by atoms with Crippen molar-refractivity contribution in [1.82, 2.24) is 20.2 Å². The van der Waals surface area contributed by atoms with Crippen LogP contribution in [0.25, 0.3) is 11.5 Å². The summed E-state index contributed by atoms with van der Waals surface area (Å²) in [4.78, 5) is 17.6. The van der Waals surface area contributed by atoms with Crippen LogP contribution < -0.4 is 4.74 Å². The molecule has 0 fully saturated rings. The number of nitro groups is 1. The monoisotopic (exact) mass is 367 g/mol. The summed E-state index contributed by atoms with van der Waals surface area (Å²) in [5.74, 6) is 0.167. The summed E-state index contributed by atoms with van der Waals surface area (Å²) in [7, 11) is 0. The molecule has 0 spiro atoms. The van der Waals surface area contributed by atoms with Crippen LogP contribution in [0, 0.1) is 10.1 Å². The van der Waals surface area contributed by atoms with Gasteiger partial charge in [-0.3, -0.25) is 10.1 Å². The van der Waals surface area contributed by atoms with Crippen molar-refractivity contribution in [3.8, 4) is 17.2 Å². The molecule has 0 unspecified atom stereocenters. The minimum atomic E-state index is -2.90. The van der Waals surface area contributed by atoms with E-state index in [1.165, 1.54) is 24.3 Å². The van der Waals surface area contributed by atoms with Crippen LogP contribution in [-0.4, -0.2) is 31.7 Å². The van der Waals surface area contributed by atoms with Crippen molar-refractivity contribution in [2.45, 2.75) is 17.0 Å². The van der Waals surface area contributed by atoms with Gasteiger partial charge in [-0.2, -0.15) is 8.78 Å². The topological polar surface area (TPSA) is 117 Å². The molecule has 0 aliphatic carbocycles. The third-order valence-corrected chi connectivity index (χ3v) is 3.47. The van der Waals surface area contributed by atoms with Crippen molar-refractivity contribution in [3.63, 3.8) is 0 Å². The zero-order valence-corrected chi connectivity index (χ0v) is 12.9. The zero-order valence-electron chi connectivity index (χ0n) is 12.1. The second-order valence-corrected chi connectivity index (χ2v) is 5.28. The molecule has 0 saturated heterocycles. The Kier molecular flexibility index (Phi) is 4.79. The highest BCUT2D eigenvalue weighted by molar-refractivity contribution is 7.98. The van der Waals surface area contributed by atoms with Crippen LogP contribution in [0.4, 0.5) is 14.5 Å². The molecule has 12 heteroatoms. The maximum absolute atomic E-state index is 12.1. The Hall–Kier alpha value is -3.15. The Bertz CT molecular complexity index is 873. The van der Waals surface area contributed by atoms with E-state index >= 15 is 0 Å². The molecule has 2 heterocycles. The minimum Gasteiger partial charge on any atom is -0.435 e. The lowest BCUT2D eigenvalue weighted by atomic mass is 10.2. The van der Waals surface area contributed by atoms with Crippen LogP contribution in [-0.2, 0) is 0 Å². The van der Waals surface area contributed by atoms with Gasteiger partial charge in [0, 0.05) is 17.3 Å². The number of halogens is 2. The first-order chi connectivity index (χ1) is 12.0. The predicted octanol–water partition coefficient (Wildman–Crippen LogP) is 3.19.